The lowest BCUT2D eigenvalue weighted by molar-refractivity contribution is -0.131. The Balaban J connectivity index is 1.44. The Bertz CT molecular complexity index is 1110. The van der Waals surface area contributed by atoms with Crippen LogP contribution in [0.4, 0.5) is 13.2 Å². The van der Waals surface area contributed by atoms with Gasteiger partial charge in [-0.25, -0.2) is 18.2 Å². The quantitative estimate of drug-likeness (QED) is 0.590. The molecule has 1 aromatic carbocycles. The molecule has 4 rings (SSSR count). The van der Waals surface area contributed by atoms with Crippen LogP contribution in [-0.2, 0) is 11.2 Å². The molecule has 6 nitrogen and oxygen atoms in total. The number of hydrogen-bond donors (Lipinski definition) is 0. The minimum atomic E-state index is -2.66. The second-order valence-electron chi connectivity index (χ2n) is 7.69. The van der Waals surface area contributed by atoms with Gasteiger partial charge in [0.25, 0.3) is 12.1 Å². The van der Waals surface area contributed by atoms with E-state index in [-0.39, 0.29) is 40.7 Å². The third-order valence-corrected chi connectivity index (χ3v) is 5.74. The van der Waals surface area contributed by atoms with Gasteiger partial charge in [-0.05, 0) is 43.5 Å². The number of alkyl halides is 2. The van der Waals surface area contributed by atoms with Crippen molar-refractivity contribution in [2.24, 2.45) is 0 Å². The molecule has 3 heterocycles. The normalized spacial score (nSPS) is 15.1. The van der Waals surface area contributed by atoms with Crippen molar-refractivity contribution in [3.8, 4) is 5.75 Å². The fourth-order valence-electron chi connectivity index (χ4n) is 4.06. The van der Waals surface area contributed by atoms with Crippen molar-refractivity contribution >= 4 is 17.0 Å². The van der Waals surface area contributed by atoms with E-state index in [0.29, 0.717) is 42.9 Å². The second kappa shape index (κ2) is 8.56. The number of methoxy groups -OCH3 is 1. The number of aryl methyl sites for hydroxylation is 1. The fourth-order valence-corrected chi connectivity index (χ4v) is 4.06. The number of halogens is 3. The highest BCUT2D eigenvalue weighted by molar-refractivity contribution is 5.80. The number of nitrogens with zero attached hydrogens (tertiary/aromatic N) is 3. The molecule has 0 bridgehead atoms. The molecule has 9 heteroatoms. The summed E-state index contributed by atoms with van der Waals surface area (Å²) in [6.07, 6.45) is -1.38. The number of rotatable bonds is 5. The lowest BCUT2D eigenvalue weighted by Gasteiger charge is -2.32. The maximum absolute atomic E-state index is 13.9. The zero-order valence-electron chi connectivity index (χ0n) is 17.2. The average molecular weight is 433 g/mol. The minimum Gasteiger partial charge on any atom is -0.494 e. The Labute approximate surface area is 177 Å². The molecular formula is C22H22F3N3O3. The van der Waals surface area contributed by atoms with Crippen LogP contribution in [0, 0.1) is 12.7 Å². The summed E-state index contributed by atoms with van der Waals surface area (Å²) in [4.78, 5) is 18.8. The maximum Gasteiger partial charge on any atom is 0.264 e. The van der Waals surface area contributed by atoms with Gasteiger partial charge < -0.3 is 14.2 Å². The minimum absolute atomic E-state index is 0.0604. The van der Waals surface area contributed by atoms with E-state index in [1.807, 2.05) is 0 Å². The van der Waals surface area contributed by atoms with Crippen molar-refractivity contribution in [1.29, 1.82) is 0 Å². The van der Waals surface area contributed by atoms with Gasteiger partial charge in [-0.1, -0.05) is 11.2 Å². The number of aromatic nitrogens is 2. The zero-order valence-corrected chi connectivity index (χ0v) is 17.2. The number of amides is 1. The Morgan fingerprint density at radius 2 is 2.03 bits per heavy atom. The van der Waals surface area contributed by atoms with Gasteiger partial charge >= 0.3 is 0 Å². The van der Waals surface area contributed by atoms with Crippen molar-refractivity contribution in [2.75, 3.05) is 20.2 Å². The van der Waals surface area contributed by atoms with E-state index in [2.05, 4.69) is 10.1 Å². The van der Waals surface area contributed by atoms with E-state index in [1.165, 1.54) is 25.3 Å². The van der Waals surface area contributed by atoms with E-state index in [9.17, 15) is 18.0 Å². The first-order valence-corrected chi connectivity index (χ1v) is 10.0. The molecule has 1 amide bonds. The Morgan fingerprint density at radius 1 is 1.29 bits per heavy atom. The van der Waals surface area contributed by atoms with Gasteiger partial charge in [0.1, 0.15) is 0 Å². The molecule has 1 saturated heterocycles. The van der Waals surface area contributed by atoms with Crippen molar-refractivity contribution in [3.63, 3.8) is 0 Å². The van der Waals surface area contributed by atoms with Gasteiger partial charge in [0.15, 0.2) is 11.6 Å². The summed E-state index contributed by atoms with van der Waals surface area (Å²) in [6, 6.07) is 5.89. The fraction of sp³-hybridized carbons (Fsp3) is 0.409. The molecule has 3 aromatic rings. The number of carbonyl (C=O) groups excluding carboxylic acids is 1. The zero-order chi connectivity index (χ0) is 22.1. The lowest BCUT2D eigenvalue weighted by Crippen LogP contribution is -2.39. The van der Waals surface area contributed by atoms with Crippen molar-refractivity contribution in [1.82, 2.24) is 15.0 Å². The molecule has 0 aliphatic carbocycles. The third-order valence-electron chi connectivity index (χ3n) is 5.74. The van der Waals surface area contributed by atoms with E-state index >= 15 is 0 Å². The van der Waals surface area contributed by atoms with Gasteiger partial charge in [0.05, 0.1) is 24.6 Å². The number of carbonyl (C=O) groups is 1. The smallest absolute Gasteiger partial charge is 0.264 e. The summed E-state index contributed by atoms with van der Waals surface area (Å²) in [6.45, 7) is 2.56. The van der Waals surface area contributed by atoms with Gasteiger partial charge in [-0.2, -0.15) is 0 Å². The van der Waals surface area contributed by atoms with Crippen molar-refractivity contribution in [2.45, 2.75) is 38.5 Å². The number of fused-ring (bicyclic) bond motifs is 1. The monoisotopic (exact) mass is 433 g/mol. The first-order valence-electron chi connectivity index (χ1n) is 10.0. The number of pyridine rings is 1. The lowest BCUT2D eigenvalue weighted by atomic mass is 9.91. The summed E-state index contributed by atoms with van der Waals surface area (Å²) < 4.78 is 51.0. The number of hydrogen-bond acceptors (Lipinski definition) is 5. The standard InChI is InChI=1S/C22H22F3N3O3/c1-12-20-15(21(24)25)11-17(26-22(20)31-27-12)14-5-7-28(8-6-14)19(29)10-13-3-4-18(30-2)16(23)9-13/h3-4,9,11,14,21H,5-8,10H2,1-2H3. The molecule has 1 aliphatic heterocycles. The van der Waals surface area contributed by atoms with E-state index in [4.69, 9.17) is 9.26 Å². The van der Waals surface area contributed by atoms with Gasteiger partial charge in [0.2, 0.25) is 5.91 Å². The predicted octanol–water partition coefficient (Wildman–Crippen LogP) is 4.57. The van der Waals surface area contributed by atoms with E-state index in [0.717, 1.165) is 0 Å². The summed E-state index contributed by atoms with van der Waals surface area (Å²) in [5, 5.41) is 4.02. The van der Waals surface area contributed by atoms with Crippen LogP contribution in [0.5, 0.6) is 5.75 Å². The third kappa shape index (κ3) is 4.22. The van der Waals surface area contributed by atoms with Crippen LogP contribution in [0.25, 0.3) is 11.1 Å². The van der Waals surface area contributed by atoms with Crippen LogP contribution in [0.2, 0.25) is 0 Å². The summed E-state index contributed by atoms with van der Waals surface area (Å²) in [7, 11) is 1.38. The molecule has 0 unspecified atom stereocenters. The molecule has 0 radical (unpaired) electrons. The largest absolute Gasteiger partial charge is 0.494 e. The van der Waals surface area contributed by atoms with Crippen LogP contribution in [0.1, 0.15) is 47.7 Å². The summed E-state index contributed by atoms with van der Waals surface area (Å²) >= 11 is 0. The predicted molar refractivity (Wildman–Crippen MR) is 107 cm³/mol. The topological polar surface area (TPSA) is 68.5 Å². The van der Waals surface area contributed by atoms with Crippen LogP contribution >= 0.6 is 0 Å². The van der Waals surface area contributed by atoms with E-state index < -0.39 is 12.2 Å². The number of piperidine rings is 1. The molecule has 164 valence electrons. The molecule has 0 atom stereocenters. The highest BCUT2D eigenvalue weighted by Crippen LogP contribution is 2.35. The number of likely N-dealkylation sites (tertiary alicyclic amines) is 1. The maximum atomic E-state index is 13.9. The molecule has 0 saturated carbocycles. The first kappa shape index (κ1) is 21.1. The van der Waals surface area contributed by atoms with Crippen LogP contribution in [-0.4, -0.2) is 41.1 Å². The summed E-state index contributed by atoms with van der Waals surface area (Å²) in [5.74, 6) is -0.544. The van der Waals surface area contributed by atoms with Crippen molar-refractivity contribution < 1.29 is 27.2 Å². The van der Waals surface area contributed by atoms with Crippen molar-refractivity contribution in [3.05, 3.63) is 52.6 Å². The molecule has 1 aliphatic rings. The van der Waals surface area contributed by atoms with Crippen LogP contribution < -0.4 is 4.74 Å². The Kier molecular flexibility index (Phi) is 5.84. The van der Waals surface area contributed by atoms with Gasteiger partial charge in [0, 0.05) is 30.3 Å². The van der Waals surface area contributed by atoms with Gasteiger partial charge in [-0.15, -0.1) is 0 Å². The molecule has 31 heavy (non-hydrogen) atoms. The SMILES string of the molecule is COc1ccc(CC(=O)N2CCC(c3cc(C(F)F)c4c(C)noc4n3)CC2)cc1F. The van der Waals surface area contributed by atoms with Crippen LogP contribution in [0.3, 0.4) is 0 Å². The number of ether oxygens (including phenoxy) is 1. The molecule has 0 N–H and O–H groups in total. The molecular weight excluding hydrogens is 411 g/mol. The summed E-state index contributed by atoms with van der Waals surface area (Å²) in [5.41, 5.74) is 1.48. The molecule has 2 aromatic heterocycles. The average Bonchev–Trinajstić information content (AvgIpc) is 3.14. The number of benzene rings is 1. The van der Waals surface area contributed by atoms with E-state index in [1.54, 1.807) is 17.9 Å². The van der Waals surface area contributed by atoms with Gasteiger partial charge in [-0.3, -0.25) is 4.79 Å². The second-order valence-corrected chi connectivity index (χ2v) is 7.69. The Hall–Kier alpha value is -3.10. The Morgan fingerprint density at radius 3 is 2.68 bits per heavy atom. The molecule has 1 fully saturated rings. The first-order chi connectivity index (χ1) is 14.9. The molecule has 0 spiro atoms. The highest BCUT2D eigenvalue weighted by atomic mass is 19.3. The van der Waals surface area contributed by atoms with Crippen LogP contribution in [0.15, 0.2) is 28.8 Å². The highest BCUT2D eigenvalue weighted by Gasteiger charge is 2.28.